The van der Waals surface area contributed by atoms with Crippen molar-refractivity contribution in [1.29, 1.82) is 0 Å². The van der Waals surface area contributed by atoms with Gasteiger partial charge in [0.1, 0.15) is 5.82 Å². The van der Waals surface area contributed by atoms with Crippen LogP contribution >= 0.6 is 11.8 Å². The zero-order valence-electron chi connectivity index (χ0n) is 15.4. The number of carbonyl (C=O) groups is 1. The summed E-state index contributed by atoms with van der Waals surface area (Å²) in [5.74, 6) is 1.06. The van der Waals surface area contributed by atoms with Crippen molar-refractivity contribution in [2.75, 3.05) is 38.1 Å². The van der Waals surface area contributed by atoms with Crippen LogP contribution in [0.2, 0.25) is 0 Å². The largest absolute Gasteiger partial charge is 0.354 e. The minimum absolute atomic E-state index is 0.0435. The number of amides is 1. The summed E-state index contributed by atoms with van der Waals surface area (Å²) >= 11 is 1.57. The summed E-state index contributed by atoms with van der Waals surface area (Å²) in [6, 6.07) is 14.1. The number of aromatic nitrogens is 1. The second-order valence-electron chi connectivity index (χ2n) is 6.61. The smallest absolute Gasteiger partial charge is 0.233 e. The molecule has 1 aliphatic heterocycles. The first-order valence-electron chi connectivity index (χ1n) is 8.99. The number of hydrogen-bond acceptors (Lipinski definition) is 5. The molecule has 6 heteroatoms. The van der Waals surface area contributed by atoms with Crippen LogP contribution in [-0.2, 0) is 11.3 Å². The van der Waals surface area contributed by atoms with Gasteiger partial charge in [-0.1, -0.05) is 24.3 Å². The van der Waals surface area contributed by atoms with Crippen LogP contribution in [0.15, 0.2) is 53.6 Å². The molecule has 1 amide bonds. The topological polar surface area (TPSA) is 48.5 Å². The van der Waals surface area contributed by atoms with Gasteiger partial charge < -0.3 is 15.1 Å². The zero-order chi connectivity index (χ0) is 18.4. The predicted octanol–water partition coefficient (Wildman–Crippen LogP) is 2.63. The molecule has 0 saturated carbocycles. The molecule has 1 aromatic heterocycles. The van der Waals surface area contributed by atoms with E-state index in [4.69, 9.17) is 0 Å². The molecule has 138 valence electrons. The molecule has 1 aliphatic rings. The number of anilines is 1. The number of nitrogens with one attached hydrogen (secondary N) is 1. The highest BCUT2D eigenvalue weighted by Gasteiger charge is 2.16. The lowest BCUT2D eigenvalue weighted by Crippen LogP contribution is -2.44. The highest BCUT2D eigenvalue weighted by atomic mass is 32.2. The fourth-order valence-electron chi connectivity index (χ4n) is 2.83. The molecule has 3 rings (SSSR count). The van der Waals surface area contributed by atoms with Crippen LogP contribution in [0.1, 0.15) is 12.5 Å². The van der Waals surface area contributed by atoms with Crippen molar-refractivity contribution >= 4 is 23.5 Å². The number of hydrogen-bond donors (Lipinski definition) is 1. The van der Waals surface area contributed by atoms with Gasteiger partial charge in [-0.25, -0.2) is 4.98 Å². The van der Waals surface area contributed by atoms with E-state index in [0.29, 0.717) is 6.54 Å². The third-order valence-electron chi connectivity index (χ3n) is 4.53. The molecular formula is C20H26N4OS. The van der Waals surface area contributed by atoms with Crippen LogP contribution in [-0.4, -0.2) is 54.3 Å². The van der Waals surface area contributed by atoms with Crippen LogP contribution < -0.4 is 10.2 Å². The Labute approximate surface area is 159 Å². The highest BCUT2D eigenvalue weighted by Crippen LogP contribution is 2.22. The van der Waals surface area contributed by atoms with E-state index in [1.807, 2.05) is 43.5 Å². The van der Waals surface area contributed by atoms with Crippen molar-refractivity contribution in [2.45, 2.75) is 23.6 Å². The molecule has 1 saturated heterocycles. The molecule has 5 nitrogen and oxygen atoms in total. The van der Waals surface area contributed by atoms with E-state index in [0.717, 1.165) is 42.5 Å². The lowest BCUT2D eigenvalue weighted by Gasteiger charge is -2.33. The number of carbonyl (C=O) groups excluding carboxylic acids is 1. The Hall–Kier alpha value is -2.05. The fourth-order valence-corrected chi connectivity index (χ4v) is 3.75. The maximum Gasteiger partial charge on any atom is 0.233 e. The summed E-state index contributed by atoms with van der Waals surface area (Å²) in [5.41, 5.74) is 1.02. The van der Waals surface area contributed by atoms with Gasteiger partial charge in [-0.3, -0.25) is 4.79 Å². The van der Waals surface area contributed by atoms with Gasteiger partial charge in [0.25, 0.3) is 0 Å². The summed E-state index contributed by atoms with van der Waals surface area (Å²) in [6.07, 6.45) is 1.86. The summed E-state index contributed by atoms with van der Waals surface area (Å²) < 4.78 is 0. The third-order valence-corrected chi connectivity index (χ3v) is 5.64. The molecule has 2 heterocycles. The first-order chi connectivity index (χ1) is 12.6. The van der Waals surface area contributed by atoms with Crippen molar-refractivity contribution in [3.8, 4) is 0 Å². The Kier molecular flexibility index (Phi) is 6.52. The Balaban J connectivity index is 1.47. The van der Waals surface area contributed by atoms with E-state index in [2.05, 4.69) is 39.3 Å². The van der Waals surface area contributed by atoms with Gasteiger partial charge in [0.05, 0.1) is 5.25 Å². The Morgan fingerprint density at radius 3 is 2.54 bits per heavy atom. The number of thioether (sulfide) groups is 1. The van der Waals surface area contributed by atoms with Gasteiger partial charge in [-0.15, -0.1) is 11.8 Å². The van der Waals surface area contributed by atoms with E-state index in [9.17, 15) is 4.79 Å². The van der Waals surface area contributed by atoms with E-state index >= 15 is 0 Å². The van der Waals surface area contributed by atoms with E-state index in [-0.39, 0.29) is 11.2 Å². The SMILES string of the molecule is CC(Sc1ccccc1)C(=O)NCc1ccc(N2CCN(C)CC2)nc1. The van der Waals surface area contributed by atoms with Gasteiger partial charge in [-0.05, 0) is 37.7 Å². The van der Waals surface area contributed by atoms with Gasteiger partial charge in [-0.2, -0.15) is 0 Å². The van der Waals surface area contributed by atoms with E-state index in [1.165, 1.54) is 0 Å². The summed E-state index contributed by atoms with van der Waals surface area (Å²) in [7, 11) is 2.15. The van der Waals surface area contributed by atoms with Crippen LogP contribution in [0.3, 0.4) is 0 Å². The maximum absolute atomic E-state index is 12.3. The molecule has 1 unspecified atom stereocenters. The summed E-state index contributed by atoms with van der Waals surface area (Å²) in [4.78, 5) is 22.6. The molecule has 0 aliphatic carbocycles. The predicted molar refractivity (Wildman–Crippen MR) is 108 cm³/mol. The van der Waals surface area contributed by atoms with Gasteiger partial charge in [0, 0.05) is 43.8 Å². The molecule has 1 atom stereocenters. The molecule has 1 fully saturated rings. The van der Waals surface area contributed by atoms with Crippen molar-refractivity contribution in [1.82, 2.24) is 15.2 Å². The molecule has 26 heavy (non-hydrogen) atoms. The van der Waals surface area contributed by atoms with Crippen LogP contribution in [0.25, 0.3) is 0 Å². The van der Waals surface area contributed by atoms with Gasteiger partial charge in [0.2, 0.25) is 5.91 Å². The van der Waals surface area contributed by atoms with E-state index in [1.54, 1.807) is 11.8 Å². The Morgan fingerprint density at radius 2 is 1.88 bits per heavy atom. The van der Waals surface area contributed by atoms with Crippen LogP contribution in [0, 0.1) is 0 Å². The van der Waals surface area contributed by atoms with Gasteiger partial charge in [0.15, 0.2) is 0 Å². The average Bonchev–Trinajstić information content (AvgIpc) is 2.68. The molecule has 0 radical (unpaired) electrons. The quantitative estimate of drug-likeness (QED) is 0.792. The standard InChI is InChI=1S/C20H26N4OS/c1-16(26-18-6-4-3-5-7-18)20(25)22-15-17-8-9-19(21-14-17)24-12-10-23(2)11-13-24/h3-9,14,16H,10-13,15H2,1-2H3,(H,22,25). The number of piperazine rings is 1. The maximum atomic E-state index is 12.3. The number of benzene rings is 1. The number of nitrogens with zero attached hydrogens (tertiary/aromatic N) is 3. The normalized spacial score (nSPS) is 16.3. The van der Waals surface area contributed by atoms with Crippen molar-refractivity contribution in [3.63, 3.8) is 0 Å². The van der Waals surface area contributed by atoms with E-state index < -0.39 is 0 Å². The fraction of sp³-hybridized carbons (Fsp3) is 0.400. The first-order valence-corrected chi connectivity index (χ1v) is 9.87. The Bertz CT molecular complexity index is 700. The van der Waals surface area contributed by atoms with Crippen molar-refractivity contribution in [3.05, 3.63) is 54.2 Å². The monoisotopic (exact) mass is 370 g/mol. The molecule has 2 aromatic rings. The second-order valence-corrected chi connectivity index (χ2v) is 8.02. The molecule has 0 spiro atoms. The Morgan fingerprint density at radius 1 is 1.15 bits per heavy atom. The number of likely N-dealkylation sites (N-methyl/N-ethyl adjacent to an activating group) is 1. The van der Waals surface area contributed by atoms with Crippen LogP contribution in [0.5, 0.6) is 0 Å². The minimum Gasteiger partial charge on any atom is -0.354 e. The van der Waals surface area contributed by atoms with Crippen molar-refractivity contribution < 1.29 is 4.79 Å². The molecule has 0 bridgehead atoms. The lowest BCUT2D eigenvalue weighted by atomic mass is 10.2. The van der Waals surface area contributed by atoms with Gasteiger partial charge >= 0.3 is 0 Å². The average molecular weight is 371 g/mol. The molecule has 1 N–H and O–H groups in total. The number of pyridine rings is 1. The highest BCUT2D eigenvalue weighted by molar-refractivity contribution is 8.00. The third kappa shape index (κ3) is 5.22. The minimum atomic E-state index is -0.130. The number of rotatable bonds is 6. The molecular weight excluding hydrogens is 344 g/mol. The summed E-state index contributed by atoms with van der Waals surface area (Å²) in [6.45, 7) is 6.59. The van der Waals surface area contributed by atoms with Crippen LogP contribution in [0.4, 0.5) is 5.82 Å². The first kappa shape index (κ1) is 18.7. The second kappa shape index (κ2) is 9.05. The van der Waals surface area contributed by atoms with Crippen molar-refractivity contribution in [2.24, 2.45) is 0 Å². The zero-order valence-corrected chi connectivity index (χ0v) is 16.2. The molecule has 1 aromatic carbocycles. The summed E-state index contributed by atoms with van der Waals surface area (Å²) in [5, 5.41) is 2.87. The lowest BCUT2D eigenvalue weighted by molar-refractivity contribution is -0.120.